The molecule has 0 saturated carbocycles. The van der Waals surface area contributed by atoms with Crippen LogP contribution in [0.4, 0.5) is 0 Å². The number of benzene rings is 2. The number of hydrogen-bond donors (Lipinski definition) is 2. The highest BCUT2D eigenvalue weighted by atomic mass is 16.5. The Kier molecular flexibility index (Phi) is 4.61. The lowest BCUT2D eigenvalue weighted by Gasteiger charge is -2.03. The Morgan fingerprint density at radius 1 is 1.20 bits per heavy atom. The standard InChI is InChI=1S/C19H17N3O3/c1-12-3-8-17-15(9-12)18(23)16(11-20-17)19(24)22-21-10-13-4-6-14(25-2)7-5-13/h3-11H,1-2H3,(H,20,23)(H,22,24)/b21-10+. The number of nitrogens with zero attached hydrogens (tertiary/aromatic N) is 1. The predicted molar refractivity (Wildman–Crippen MR) is 97.4 cm³/mol. The zero-order valence-electron chi connectivity index (χ0n) is 13.9. The second kappa shape index (κ2) is 7.00. The Bertz CT molecular complexity index is 1000. The number of pyridine rings is 1. The topological polar surface area (TPSA) is 83.5 Å². The number of aromatic amines is 1. The van der Waals surface area contributed by atoms with E-state index in [1.54, 1.807) is 37.4 Å². The molecular weight excluding hydrogens is 318 g/mol. The van der Waals surface area contributed by atoms with Crippen molar-refractivity contribution in [2.24, 2.45) is 5.10 Å². The van der Waals surface area contributed by atoms with Gasteiger partial charge in [0.2, 0.25) is 5.43 Å². The lowest BCUT2D eigenvalue weighted by Crippen LogP contribution is -2.25. The molecule has 0 aliphatic heterocycles. The van der Waals surface area contributed by atoms with Gasteiger partial charge in [-0.3, -0.25) is 9.59 Å². The van der Waals surface area contributed by atoms with E-state index in [-0.39, 0.29) is 11.0 Å². The number of rotatable bonds is 4. The van der Waals surface area contributed by atoms with Crippen molar-refractivity contribution in [3.8, 4) is 5.75 Å². The van der Waals surface area contributed by atoms with E-state index in [2.05, 4.69) is 15.5 Å². The quantitative estimate of drug-likeness (QED) is 0.568. The summed E-state index contributed by atoms with van der Waals surface area (Å²) in [6.07, 6.45) is 2.90. The number of carbonyl (C=O) groups excluding carboxylic acids is 1. The van der Waals surface area contributed by atoms with Crippen molar-refractivity contribution in [1.82, 2.24) is 10.4 Å². The molecule has 1 amide bonds. The summed E-state index contributed by atoms with van der Waals surface area (Å²) in [7, 11) is 1.59. The number of H-pyrrole nitrogens is 1. The fourth-order valence-electron chi connectivity index (χ4n) is 2.42. The van der Waals surface area contributed by atoms with Gasteiger partial charge in [-0.15, -0.1) is 0 Å². The SMILES string of the molecule is COc1ccc(/C=N/NC(=O)c2c[nH]c3ccc(C)cc3c2=O)cc1. The number of amides is 1. The first-order chi connectivity index (χ1) is 12.1. The number of nitrogens with one attached hydrogen (secondary N) is 2. The van der Waals surface area contributed by atoms with Crippen molar-refractivity contribution in [2.45, 2.75) is 6.92 Å². The van der Waals surface area contributed by atoms with Crippen LogP contribution in [0.2, 0.25) is 0 Å². The maximum Gasteiger partial charge on any atom is 0.276 e. The Morgan fingerprint density at radius 2 is 1.96 bits per heavy atom. The molecule has 1 heterocycles. The Morgan fingerprint density at radius 3 is 2.68 bits per heavy atom. The van der Waals surface area contributed by atoms with Gasteiger partial charge in [0.1, 0.15) is 11.3 Å². The van der Waals surface area contributed by atoms with Crippen LogP contribution in [0, 0.1) is 6.92 Å². The minimum absolute atomic E-state index is 0.0185. The lowest BCUT2D eigenvalue weighted by molar-refractivity contribution is 0.0954. The maximum atomic E-state index is 12.5. The van der Waals surface area contributed by atoms with Gasteiger partial charge < -0.3 is 9.72 Å². The van der Waals surface area contributed by atoms with Gasteiger partial charge in [0.15, 0.2) is 0 Å². The van der Waals surface area contributed by atoms with E-state index < -0.39 is 5.91 Å². The van der Waals surface area contributed by atoms with E-state index in [1.807, 2.05) is 19.1 Å². The smallest absolute Gasteiger partial charge is 0.276 e. The van der Waals surface area contributed by atoms with Gasteiger partial charge >= 0.3 is 0 Å². The summed E-state index contributed by atoms with van der Waals surface area (Å²) < 4.78 is 5.07. The number of hydrogen-bond acceptors (Lipinski definition) is 4. The molecular formula is C19H17N3O3. The molecule has 6 heteroatoms. The Balaban J connectivity index is 1.79. The van der Waals surface area contributed by atoms with Gasteiger partial charge in [-0.25, -0.2) is 5.43 Å². The molecule has 0 spiro atoms. The highest BCUT2D eigenvalue weighted by Gasteiger charge is 2.12. The van der Waals surface area contributed by atoms with Crippen LogP contribution in [0.25, 0.3) is 10.9 Å². The summed E-state index contributed by atoms with van der Waals surface area (Å²) in [5, 5.41) is 4.37. The van der Waals surface area contributed by atoms with Crippen LogP contribution in [-0.4, -0.2) is 24.2 Å². The number of aromatic nitrogens is 1. The summed E-state index contributed by atoms with van der Waals surface area (Å²) in [5.74, 6) is 0.175. The minimum Gasteiger partial charge on any atom is -0.497 e. The molecule has 25 heavy (non-hydrogen) atoms. The predicted octanol–water partition coefficient (Wildman–Crippen LogP) is 2.61. The van der Waals surface area contributed by atoms with Crippen LogP contribution < -0.4 is 15.6 Å². The van der Waals surface area contributed by atoms with Gasteiger partial charge in [-0.1, -0.05) is 11.6 Å². The summed E-state index contributed by atoms with van der Waals surface area (Å²) in [6.45, 7) is 1.89. The molecule has 2 N–H and O–H groups in total. The molecule has 3 rings (SSSR count). The summed E-state index contributed by atoms with van der Waals surface area (Å²) in [6, 6.07) is 12.7. The zero-order valence-corrected chi connectivity index (χ0v) is 13.9. The van der Waals surface area contributed by atoms with Crippen LogP contribution in [0.15, 0.2) is 58.6 Å². The van der Waals surface area contributed by atoms with Crippen LogP contribution in [0.5, 0.6) is 5.75 Å². The van der Waals surface area contributed by atoms with Gasteiger partial charge in [0, 0.05) is 17.1 Å². The van der Waals surface area contributed by atoms with Crippen LogP contribution in [-0.2, 0) is 0 Å². The largest absolute Gasteiger partial charge is 0.497 e. The number of hydrazone groups is 1. The number of aryl methyl sites for hydroxylation is 1. The molecule has 0 atom stereocenters. The fourth-order valence-corrected chi connectivity index (χ4v) is 2.42. The molecule has 2 aromatic carbocycles. The molecule has 0 aliphatic carbocycles. The maximum absolute atomic E-state index is 12.5. The van der Waals surface area contributed by atoms with Crippen molar-refractivity contribution in [1.29, 1.82) is 0 Å². The van der Waals surface area contributed by atoms with Crippen molar-refractivity contribution in [3.05, 3.63) is 75.6 Å². The monoisotopic (exact) mass is 335 g/mol. The normalized spacial score (nSPS) is 11.0. The van der Waals surface area contributed by atoms with E-state index in [9.17, 15) is 9.59 Å². The van der Waals surface area contributed by atoms with Crippen molar-refractivity contribution < 1.29 is 9.53 Å². The average molecular weight is 335 g/mol. The van der Waals surface area contributed by atoms with Gasteiger partial charge in [-0.05, 0) is 48.9 Å². The van der Waals surface area contributed by atoms with E-state index in [0.29, 0.717) is 10.9 Å². The third kappa shape index (κ3) is 3.58. The molecule has 0 bridgehead atoms. The molecule has 3 aromatic rings. The molecule has 126 valence electrons. The van der Waals surface area contributed by atoms with E-state index in [4.69, 9.17) is 4.74 Å². The third-order valence-electron chi connectivity index (χ3n) is 3.78. The third-order valence-corrected chi connectivity index (χ3v) is 3.78. The summed E-state index contributed by atoms with van der Waals surface area (Å²) >= 11 is 0. The van der Waals surface area contributed by atoms with E-state index in [0.717, 1.165) is 16.9 Å². The van der Waals surface area contributed by atoms with Gasteiger partial charge in [0.25, 0.3) is 5.91 Å². The molecule has 1 aromatic heterocycles. The van der Waals surface area contributed by atoms with Crippen molar-refractivity contribution in [3.63, 3.8) is 0 Å². The first-order valence-electron chi connectivity index (χ1n) is 7.68. The highest BCUT2D eigenvalue weighted by Crippen LogP contribution is 2.11. The first kappa shape index (κ1) is 16.4. The van der Waals surface area contributed by atoms with Crippen molar-refractivity contribution in [2.75, 3.05) is 7.11 Å². The minimum atomic E-state index is -0.561. The van der Waals surface area contributed by atoms with Gasteiger partial charge in [0.05, 0.1) is 13.3 Å². The molecule has 6 nitrogen and oxygen atoms in total. The second-order valence-corrected chi connectivity index (χ2v) is 5.55. The van der Waals surface area contributed by atoms with Crippen LogP contribution >= 0.6 is 0 Å². The fraction of sp³-hybridized carbons (Fsp3) is 0.105. The number of methoxy groups -OCH3 is 1. The zero-order chi connectivity index (χ0) is 17.8. The van der Waals surface area contributed by atoms with E-state index >= 15 is 0 Å². The van der Waals surface area contributed by atoms with Crippen LogP contribution in [0.3, 0.4) is 0 Å². The number of fused-ring (bicyclic) bond motifs is 1. The summed E-state index contributed by atoms with van der Waals surface area (Å²) in [4.78, 5) is 27.7. The lowest BCUT2D eigenvalue weighted by atomic mass is 10.1. The van der Waals surface area contributed by atoms with E-state index in [1.165, 1.54) is 12.4 Å². The number of carbonyl (C=O) groups is 1. The van der Waals surface area contributed by atoms with Crippen LogP contribution in [0.1, 0.15) is 21.5 Å². The molecule has 0 unspecified atom stereocenters. The summed E-state index contributed by atoms with van der Waals surface area (Å²) in [5.41, 5.74) is 4.51. The van der Waals surface area contributed by atoms with Crippen molar-refractivity contribution >= 4 is 23.0 Å². The second-order valence-electron chi connectivity index (χ2n) is 5.55. The molecule has 0 fully saturated rings. The Labute approximate surface area is 144 Å². The molecule has 0 radical (unpaired) electrons. The molecule has 0 saturated heterocycles. The Hall–Kier alpha value is -3.41. The highest BCUT2D eigenvalue weighted by molar-refractivity contribution is 5.97. The number of ether oxygens (including phenoxy) is 1. The van der Waals surface area contributed by atoms with Gasteiger partial charge in [-0.2, -0.15) is 5.10 Å². The first-order valence-corrected chi connectivity index (χ1v) is 7.68. The average Bonchev–Trinajstić information content (AvgIpc) is 2.63. The molecule has 0 aliphatic rings.